The minimum Gasteiger partial charge on any atom is -0.490 e. The number of benzene rings is 2. The highest BCUT2D eigenvalue weighted by molar-refractivity contribution is 5.84. The Hall–Kier alpha value is -3.16. The molecule has 2 saturated heterocycles. The van der Waals surface area contributed by atoms with E-state index in [1.807, 2.05) is 18.2 Å². The van der Waals surface area contributed by atoms with Crippen LogP contribution in [0.15, 0.2) is 54.6 Å². The van der Waals surface area contributed by atoms with Crippen LogP contribution < -0.4 is 9.47 Å². The van der Waals surface area contributed by atoms with Crippen molar-refractivity contribution in [2.24, 2.45) is 0 Å². The molecule has 3 heterocycles. The highest BCUT2D eigenvalue weighted by Crippen LogP contribution is 2.29. The molecule has 224 valence electrons. The van der Waals surface area contributed by atoms with Crippen LogP contribution in [-0.4, -0.2) is 78.8 Å². The van der Waals surface area contributed by atoms with E-state index in [0.717, 1.165) is 85.9 Å². The van der Waals surface area contributed by atoms with Gasteiger partial charge in [-0.3, -0.25) is 4.79 Å². The van der Waals surface area contributed by atoms with Crippen molar-refractivity contribution in [2.75, 3.05) is 39.8 Å². The van der Waals surface area contributed by atoms with Crippen LogP contribution >= 0.6 is 0 Å². The summed E-state index contributed by atoms with van der Waals surface area (Å²) in [7, 11) is 1.42. The first-order valence-corrected chi connectivity index (χ1v) is 16.0. The molecular weight excluding hydrogens is 526 g/mol. The molecule has 0 spiro atoms. The number of aryl methyl sites for hydroxylation is 1. The largest absolute Gasteiger partial charge is 0.490 e. The third-order valence-corrected chi connectivity index (χ3v) is 9.39. The van der Waals surface area contributed by atoms with Crippen molar-refractivity contribution in [3.63, 3.8) is 0 Å². The van der Waals surface area contributed by atoms with E-state index in [4.69, 9.17) is 19.2 Å². The van der Waals surface area contributed by atoms with Crippen molar-refractivity contribution in [1.29, 1.82) is 0 Å². The lowest BCUT2D eigenvalue weighted by molar-refractivity contribution is -0.140. The maximum absolute atomic E-state index is 11.6. The van der Waals surface area contributed by atoms with Crippen LogP contribution in [0.5, 0.6) is 11.5 Å². The highest BCUT2D eigenvalue weighted by atomic mass is 16.5. The van der Waals surface area contributed by atoms with E-state index < -0.39 is 0 Å². The molecule has 3 fully saturated rings. The van der Waals surface area contributed by atoms with Gasteiger partial charge in [0, 0.05) is 56.3 Å². The first-order chi connectivity index (χ1) is 20.6. The lowest BCUT2D eigenvalue weighted by Crippen LogP contribution is -2.46. The van der Waals surface area contributed by atoms with Gasteiger partial charge >= 0.3 is 5.97 Å². The molecule has 7 heteroatoms. The van der Waals surface area contributed by atoms with Gasteiger partial charge < -0.3 is 24.0 Å². The number of esters is 1. The number of aromatic nitrogens is 1. The molecule has 7 nitrogen and oxygen atoms in total. The van der Waals surface area contributed by atoms with E-state index >= 15 is 0 Å². The van der Waals surface area contributed by atoms with Crippen LogP contribution in [0.2, 0.25) is 0 Å². The molecule has 42 heavy (non-hydrogen) atoms. The van der Waals surface area contributed by atoms with Gasteiger partial charge in [0.05, 0.1) is 13.5 Å². The Labute approximate surface area is 250 Å². The Morgan fingerprint density at radius 2 is 1.57 bits per heavy atom. The number of hydrogen-bond acceptors (Lipinski definition) is 7. The van der Waals surface area contributed by atoms with Gasteiger partial charge in [0.2, 0.25) is 0 Å². The molecule has 6 rings (SSSR count). The van der Waals surface area contributed by atoms with Gasteiger partial charge in [-0.05, 0) is 74.8 Å². The molecule has 3 aromatic rings. The van der Waals surface area contributed by atoms with Gasteiger partial charge in [-0.15, -0.1) is 0 Å². The minimum absolute atomic E-state index is 0.185. The molecule has 0 atom stereocenters. The number of likely N-dealkylation sites (tertiary alicyclic amines) is 2. The summed E-state index contributed by atoms with van der Waals surface area (Å²) >= 11 is 0. The van der Waals surface area contributed by atoms with Crippen LogP contribution in [-0.2, 0) is 22.4 Å². The smallest absolute Gasteiger partial charge is 0.305 e. The molecular formula is C35H45N3O4. The highest BCUT2D eigenvalue weighted by Gasteiger charge is 2.29. The molecule has 0 N–H and O–H groups in total. The van der Waals surface area contributed by atoms with E-state index in [9.17, 15) is 4.79 Å². The number of carbonyl (C=O) groups is 1. The summed E-state index contributed by atoms with van der Waals surface area (Å²) in [5, 5.41) is 1.05. The average Bonchev–Trinajstić information content (AvgIpc) is 3.00. The normalized spacial score (nSPS) is 19.5. The second kappa shape index (κ2) is 13.9. The Morgan fingerprint density at radius 1 is 0.833 bits per heavy atom. The second-order valence-electron chi connectivity index (χ2n) is 12.2. The number of fused-ring (bicyclic) bond motifs is 1. The number of hydrogen-bond donors (Lipinski definition) is 0. The fourth-order valence-electron chi connectivity index (χ4n) is 6.48. The molecule has 0 radical (unpaired) electrons. The average molecular weight is 572 g/mol. The molecule has 0 amide bonds. The number of pyridine rings is 1. The van der Waals surface area contributed by atoms with Crippen LogP contribution in [0.4, 0.5) is 0 Å². The number of rotatable bonds is 11. The van der Waals surface area contributed by atoms with Crippen LogP contribution in [0.3, 0.4) is 0 Å². The maximum atomic E-state index is 11.6. The predicted octanol–water partition coefficient (Wildman–Crippen LogP) is 5.82. The van der Waals surface area contributed by atoms with Gasteiger partial charge in [-0.2, -0.15) is 0 Å². The predicted molar refractivity (Wildman–Crippen MR) is 165 cm³/mol. The van der Waals surface area contributed by atoms with Gasteiger partial charge in [0.25, 0.3) is 0 Å². The molecule has 3 aliphatic rings. The Bertz CT molecular complexity index is 1310. The third kappa shape index (κ3) is 7.42. The summed E-state index contributed by atoms with van der Waals surface area (Å²) in [6.45, 7) is 5.51. The Kier molecular flexibility index (Phi) is 9.56. The minimum atomic E-state index is -0.218. The Balaban J connectivity index is 0.933. The maximum Gasteiger partial charge on any atom is 0.305 e. The number of carbonyl (C=O) groups excluding carboxylic acids is 1. The SMILES string of the molecule is COC(=O)CCc1ccc2cccc(OC3CCN(CCc4ccc(OC5CCN(C6CCC6)CC5)cc4)CC3)c2n1. The molecule has 1 aliphatic carbocycles. The fourth-order valence-corrected chi connectivity index (χ4v) is 6.48. The lowest BCUT2D eigenvalue weighted by Gasteiger charge is -2.41. The quantitative estimate of drug-likeness (QED) is 0.269. The topological polar surface area (TPSA) is 64.1 Å². The second-order valence-corrected chi connectivity index (χ2v) is 12.2. The van der Waals surface area contributed by atoms with Crippen molar-refractivity contribution in [1.82, 2.24) is 14.8 Å². The van der Waals surface area contributed by atoms with Crippen molar-refractivity contribution >= 4 is 16.9 Å². The summed E-state index contributed by atoms with van der Waals surface area (Å²) in [5.74, 6) is 1.62. The lowest BCUT2D eigenvalue weighted by atomic mass is 9.90. The zero-order chi connectivity index (χ0) is 28.7. The van der Waals surface area contributed by atoms with Crippen LogP contribution in [0, 0.1) is 0 Å². The van der Waals surface area contributed by atoms with Crippen molar-refractivity contribution < 1.29 is 19.0 Å². The molecule has 2 aromatic carbocycles. The summed E-state index contributed by atoms with van der Waals surface area (Å²) in [6.07, 6.45) is 11.0. The third-order valence-electron chi connectivity index (χ3n) is 9.39. The zero-order valence-electron chi connectivity index (χ0n) is 25.0. The van der Waals surface area contributed by atoms with Crippen molar-refractivity contribution in [3.8, 4) is 11.5 Å². The number of nitrogens with zero attached hydrogens (tertiary/aromatic N) is 3. The number of methoxy groups -OCH3 is 1. The summed E-state index contributed by atoms with van der Waals surface area (Å²) in [4.78, 5) is 21.6. The summed E-state index contributed by atoms with van der Waals surface area (Å²) < 4.78 is 17.6. The van der Waals surface area contributed by atoms with Gasteiger partial charge in [0.1, 0.15) is 29.2 Å². The molecule has 1 aromatic heterocycles. The van der Waals surface area contributed by atoms with E-state index in [1.165, 1.54) is 45.0 Å². The fraction of sp³-hybridized carbons (Fsp3) is 0.543. The van der Waals surface area contributed by atoms with Gasteiger partial charge in [0.15, 0.2) is 0 Å². The van der Waals surface area contributed by atoms with Crippen LogP contribution in [0.25, 0.3) is 10.9 Å². The van der Waals surface area contributed by atoms with E-state index in [1.54, 1.807) is 0 Å². The van der Waals surface area contributed by atoms with E-state index in [-0.39, 0.29) is 12.1 Å². The molecule has 2 aliphatic heterocycles. The first kappa shape index (κ1) is 28.9. The van der Waals surface area contributed by atoms with Gasteiger partial charge in [-0.1, -0.05) is 36.8 Å². The molecule has 1 saturated carbocycles. The van der Waals surface area contributed by atoms with E-state index in [2.05, 4.69) is 46.2 Å². The monoisotopic (exact) mass is 571 g/mol. The molecule has 0 unspecified atom stereocenters. The first-order valence-electron chi connectivity index (χ1n) is 16.0. The molecule has 0 bridgehead atoms. The Morgan fingerprint density at radius 3 is 2.29 bits per heavy atom. The number of ether oxygens (including phenoxy) is 3. The van der Waals surface area contributed by atoms with Crippen LogP contribution in [0.1, 0.15) is 62.6 Å². The summed E-state index contributed by atoms with van der Waals surface area (Å²) in [6, 6.07) is 19.8. The number of piperidine rings is 2. The van der Waals surface area contributed by atoms with Crippen molar-refractivity contribution in [2.45, 2.75) is 82.5 Å². The standard InChI is InChI=1S/C35H45N3O4/c1-40-34(39)15-12-28-11-10-27-4-2-7-33(35(27)36-28)42-32-17-22-37(23-18-32)21-16-26-8-13-30(14-9-26)41-31-19-24-38(25-20-31)29-5-3-6-29/h2,4,7-11,13-14,29,31-32H,3,5-6,12,15-25H2,1H3. The summed E-state index contributed by atoms with van der Waals surface area (Å²) in [5.41, 5.74) is 3.11. The number of para-hydroxylation sites is 1. The zero-order valence-corrected chi connectivity index (χ0v) is 25.0. The van der Waals surface area contributed by atoms with Gasteiger partial charge in [-0.25, -0.2) is 4.98 Å². The van der Waals surface area contributed by atoms with E-state index in [0.29, 0.717) is 18.9 Å². The van der Waals surface area contributed by atoms with Crippen molar-refractivity contribution in [3.05, 3.63) is 65.9 Å².